The van der Waals surface area contributed by atoms with Gasteiger partial charge in [0.05, 0.1) is 5.69 Å². The van der Waals surface area contributed by atoms with Crippen LogP contribution in [0.3, 0.4) is 0 Å². The number of aromatic nitrogens is 3. The highest BCUT2D eigenvalue weighted by molar-refractivity contribution is 7.98. The largest absolute Gasteiger partial charge is 0.351 e. The van der Waals surface area contributed by atoms with E-state index in [1.54, 1.807) is 6.07 Å². The van der Waals surface area contributed by atoms with Crippen molar-refractivity contribution in [2.75, 3.05) is 0 Å². The van der Waals surface area contributed by atoms with Gasteiger partial charge >= 0.3 is 11.4 Å². The summed E-state index contributed by atoms with van der Waals surface area (Å²) in [7, 11) is 0. The predicted molar refractivity (Wildman–Crippen MR) is 60.0 cm³/mol. The first kappa shape index (κ1) is 10.3. The molecule has 0 fully saturated rings. The Kier molecular flexibility index (Phi) is 2.15. The molecule has 17 heavy (non-hydrogen) atoms. The molecular weight excluding hydrogens is 245 g/mol. The summed E-state index contributed by atoms with van der Waals surface area (Å²) in [4.78, 5) is 28.5. The van der Waals surface area contributed by atoms with Gasteiger partial charge in [-0.1, -0.05) is 17.8 Å². The van der Waals surface area contributed by atoms with Gasteiger partial charge in [0.2, 0.25) is 0 Å². The van der Waals surface area contributed by atoms with Gasteiger partial charge in [-0.2, -0.15) is 4.98 Å². The number of benzene rings is 1. The fourth-order valence-electron chi connectivity index (χ4n) is 1.72. The van der Waals surface area contributed by atoms with Gasteiger partial charge in [-0.15, -0.1) is 0 Å². The molecule has 1 aliphatic heterocycles. The van der Waals surface area contributed by atoms with Gasteiger partial charge in [0, 0.05) is 5.75 Å². The van der Waals surface area contributed by atoms with Crippen LogP contribution in [-0.2, 0) is 5.75 Å². The Balaban J connectivity index is 2.39. The van der Waals surface area contributed by atoms with Crippen LogP contribution in [0.5, 0.6) is 0 Å². The monoisotopic (exact) mass is 251 g/mol. The highest BCUT2D eigenvalue weighted by atomic mass is 32.2. The maximum absolute atomic E-state index is 13.2. The van der Waals surface area contributed by atoms with E-state index in [0.29, 0.717) is 11.4 Å². The van der Waals surface area contributed by atoms with Gasteiger partial charge in [-0.05, 0) is 17.7 Å². The first-order chi connectivity index (χ1) is 8.15. The minimum atomic E-state index is -0.686. The highest BCUT2D eigenvalue weighted by Crippen LogP contribution is 2.30. The first-order valence-corrected chi connectivity index (χ1v) is 5.79. The van der Waals surface area contributed by atoms with Crippen molar-refractivity contribution in [3.8, 4) is 5.69 Å². The zero-order chi connectivity index (χ0) is 12.0. The molecule has 86 valence electrons. The summed E-state index contributed by atoms with van der Waals surface area (Å²) in [6.07, 6.45) is 0. The molecule has 0 amide bonds. The number of nitrogens with zero attached hydrogens (tertiary/aromatic N) is 2. The lowest BCUT2D eigenvalue weighted by atomic mass is 10.2. The lowest BCUT2D eigenvalue weighted by Crippen LogP contribution is -2.34. The van der Waals surface area contributed by atoms with Crippen molar-refractivity contribution in [3.63, 3.8) is 0 Å². The van der Waals surface area contributed by atoms with Gasteiger partial charge in [0.1, 0.15) is 5.82 Å². The van der Waals surface area contributed by atoms with Crippen molar-refractivity contribution in [2.45, 2.75) is 10.9 Å². The first-order valence-electron chi connectivity index (χ1n) is 4.80. The molecule has 0 unspecified atom stereocenters. The fourth-order valence-corrected chi connectivity index (χ4v) is 2.70. The van der Waals surface area contributed by atoms with Gasteiger partial charge in [0.25, 0.3) is 0 Å². The normalized spacial score (nSPS) is 13.0. The summed E-state index contributed by atoms with van der Waals surface area (Å²) < 4.78 is 14.4. The Bertz CT molecular complexity index is 722. The predicted octanol–water partition coefficient (Wildman–Crippen LogP) is 0.666. The van der Waals surface area contributed by atoms with E-state index in [-0.39, 0.29) is 5.16 Å². The molecule has 0 atom stereocenters. The zero-order valence-corrected chi connectivity index (χ0v) is 9.25. The average molecular weight is 251 g/mol. The molecule has 1 aromatic heterocycles. The van der Waals surface area contributed by atoms with Crippen molar-refractivity contribution in [1.29, 1.82) is 0 Å². The third-order valence-corrected chi connectivity index (χ3v) is 3.44. The summed E-state index contributed by atoms with van der Waals surface area (Å²) in [6, 6.07) is 4.23. The molecule has 2 aromatic rings. The van der Waals surface area contributed by atoms with Crippen molar-refractivity contribution < 1.29 is 4.39 Å². The van der Waals surface area contributed by atoms with Crippen molar-refractivity contribution >= 4 is 11.8 Å². The number of fused-ring (bicyclic) bond motifs is 3. The minimum absolute atomic E-state index is 0.289. The van der Waals surface area contributed by atoms with E-state index in [9.17, 15) is 14.0 Å². The Morgan fingerprint density at radius 3 is 3.06 bits per heavy atom. The van der Waals surface area contributed by atoms with Crippen LogP contribution in [-0.4, -0.2) is 14.5 Å². The average Bonchev–Trinajstić information content (AvgIpc) is 2.27. The van der Waals surface area contributed by atoms with Crippen molar-refractivity contribution in [3.05, 3.63) is 50.5 Å². The molecule has 7 heteroatoms. The van der Waals surface area contributed by atoms with Gasteiger partial charge in [-0.3, -0.25) is 4.98 Å². The van der Waals surface area contributed by atoms with E-state index in [1.807, 2.05) is 0 Å². The maximum Gasteiger partial charge on any atom is 0.351 e. The Hall–Kier alpha value is -1.89. The van der Waals surface area contributed by atoms with E-state index >= 15 is 0 Å². The fraction of sp³-hybridized carbons (Fsp3) is 0.100. The highest BCUT2D eigenvalue weighted by Gasteiger charge is 2.19. The molecule has 2 heterocycles. The molecule has 0 bridgehead atoms. The number of thioether (sulfide) groups is 1. The second kappa shape index (κ2) is 3.56. The number of halogens is 1. The van der Waals surface area contributed by atoms with Crippen molar-refractivity contribution in [1.82, 2.24) is 14.5 Å². The van der Waals surface area contributed by atoms with Crippen LogP contribution in [0.2, 0.25) is 0 Å². The molecule has 0 saturated heterocycles. The molecule has 1 aromatic carbocycles. The topological polar surface area (TPSA) is 67.8 Å². The molecule has 0 aliphatic carbocycles. The standard InChI is InChI=1S/C10H6FN3O2S/c11-6-2-1-5-4-17-10-13-8(15)12-9(16)14(10)7(5)3-6/h1-3H,4H2,(H,12,15,16). The summed E-state index contributed by atoms with van der Waals surface area (Å²) in [5, 5.41) is 0.289. The molecule has 1 N–H and O–H groups in total. The molecule has 0 spiro atoms. The van der Waals surface area contributed by atoms with Crippen molar-refractivity contribution in [2.24, 2.45) is 0 Å². The van der Waals surface area contributed by atoms with E-state index in [1.165, 1.54) is 28.5 Å². The number of hydrogen-bond acceptors (Lipinski definition) is 4. The molecule has 3 rings (SSSR count). The van der Waals surface area contributed by atoms with E-state index in [0.717, 1.165) is 5.56 Å². The number of rotatable bonds is 0. The second-order valence-corrected chi connectivity index (χ2v) is 4.47. The van der Waals surface area contributed by atoms with Gasteiger partial charge in [-0.25, -0.2) is 18.5 Å². The Morgan fingerprint density at radius 2 is 2.24 bits per heavy atom. The lowest BCUT2D eigenvalue weighted by molar-refractivity contribution is 0.621. The molecule has 5 nitrogen and oxygen atoms in total. The lowest BCUT2D eigenvalue weighted by Gasteiger charge is -2.18. The van der Waals surface area contributed by atoms with Crippen LogP contribution in [0.15, 0.2) is 32.9 Å². The molecular formula is C10H6FN3O2S. The van der Waals surface area contributed by atoms with E-state index in [2.05, 4.69) is 9.97 Å². The van der Waals surface area contributed by atoms with Crippen LogP contribution in [0.4, 0.5) is 4.39 Å². The summed E-state index contributed by atoms with van der Waals surface area (Å²) in [5.74, 6) is 0.130. The quantitative estimate of drug-likeness (QED) is 0.747. The Labute approximate surface area is 98.3 Å². The maximum atomic E-state index is 13.2. The third kappa shape index (κ3) is 1.59. The number of H-pyrrole nitrogens is 1. The summed E-state index contributed by atoms with van der Waals surface area (Å²) in [5.41, 5.74) is -0.0139. The molecule has 1 aliphatic rings. The van der Waals surface area contributed by atoms with E-state index in [4.69, 9.17) is 0 Å². The minimum Gasteiger partial charge on any atom is -0.257 e. The van der Waals surface area contributed by atoms with Crippen LogP contribution >= 0.6 is 11.8 Å². The third-order valence-electron chi connectivity index (χ3n) is 2.45. The van der Waals surface area contributed by atoms with Crippen LogP contribution in [0, 0.1) is 5.82 Å². The van der Waals surface area contributed by atoms with Crippen LogP contribution < -0.4 is 11.4 Å². The van der Waals surface area contributed by atoms with Crippen LogP contribution in [0.1, 0.15) is 5.56 Å². The van der Waals surface area contributed by atoms with Gasteiger partial charge in [0.15, 0.2) is 5.16 Å². The molecule has 0 radical (unpaired) electrons. The Morgan fingerprint density at radius 1 is 1.41 bits per heavy atom. The summed E-state index contributed by atoms with van der Waals surface area (Å²) in [6.45, 7) is 0. The van der Waals surface area contributed by atoms with Crippen LogP contribution in [0.25, 0.3) is 5.69 Å². The second-order valence-electron chi connectivity index (χ2n) is 3.53. The SMILES string of the molecule is O=c1nc2n(c(=O)[nH]1)-c1cc(F)ccc1CS2. The van der Waals surface area contributed by atoms with E-state index < -0.39 is 17.2 Å². The summed E-state index contributed by atoms with van der Waals surface area (Å²) >= 11 is 1.27. The zero-order valence-electron chi connectivity index (χ0n) is 8.44. The number of aromatic amines is 1. The number of nitrogens with one attached hydrogen (secondary N) is 1. The molecule has 0 saturated carbocycles. The number of hydrogen-bond donors (Lipinski definition) is 1. The smallest absolute Gasteiger partial charge is 0.257 e. The van der Waals surface area contributed by atoms with Gasteiger partial charge < -0.3 is 0 Å².